The summed E-state index contributed by atoms with van der Waals surface area (Å²) in [6.07, 6.45) is 0. The molecule has 0 saturated carbocycles. The van der Waals surface area contributed by atoms with Crippen molar-refractivity contribution < 1.29 is 9.72 Å². The van der Waals surface area contributed by atoms with E-state index in [0.29, 0.717) is 5.69 Å². The molecule has 0 aliphatic carbocycles. The predicted octanol–water partition coefficient (Wildman–Crippen LogP) is 2.08. The molecule has 6 heteroatoms. The van der Waals surface area contributed by atoms with Gasteiger partial charge in [-0.2, -0.15) is 5.26 Å². The first-order chi connectivity index (χ1) is 7.86. The lowest BCUT2D eigenvalue weighted by Crippen LogP contribution is -2.29. The monoisotopic (exact) mass is 233 g/mol. The highest BCUT2D eigenvalue weighted by molar-refractivity contribution is 5.96. The van der Waals surface area contributed by atoms with E-state index in [1.807, 2.05) is 6.07 Å². The van der Waals surface area contributed by atoms with Crippen molar-refractivity contribution in [2.45, 2.75) is 13.8 Å². The normalized spacial score (nSPS) is 10.4. The van der Waals surface area contributed by atoms with Crippen LogP contribution in [-0.2, 0) is 4.79 Å². The fourth-order valence-corrected chi connectivity index (χ4v) is 1.00. The zero-order chi connectivity index (χ0) is 13.1. The second kappa shape index (κ2) is 4.61. The molecule has 1 amide bonds. The van der Waals surface area contributed by atoms with Crippen LogP contribution in [0.15, 0.2) is 24.3 Å². The zero-order valence-corrected chi connectivity index (χ0v) is 9.43. The van der Waals surface area contributed by atoms with Gasteiger partial charge >= 0.3 is 0 Å². The summed E-state index contributed by atoms with van der Waals surface area (Å²) >= 11 is 0. The fourth-order valence-electron chi connectivity index (χ4n) is 1.00. The fraction of sp³-hybridized carbons (Fsp3) is 0.273. The van der Waals surface area contributed by atoms with Crippen molar-refractivity contribution in [2.24, 2.45) is 5.41 Å². The van der Waals surface area contributed by atoms with Gasteiger partial charge in [0.25, 0.3) is 5.69 Å². The molecule has 1 aromatic carbocycles. The summed E-state index contributed by atoms with van der Waals surface area (Å²) in [5.74, 6) is -0.450. The van der Waals surface area contributed by atoms with Crippen molar-refractivity contribution in [3.05, 3.63) is 34.4 Å². The number of nitrogens with one attached hydrogen (secondary N) is 1. The summed E-state index contributed by atoms with van der Waals surface area (Å²) in [7, 11) is 0. The molecule has 1 aromatic rings. The van der Waals surface area contributed by atoms with Gasteiger partial charge in [-0.05, 0) is 26.0 Å². The van der Waals surface area contributed by atoms with Crippen LogP contribution in [0.1, 0.15) is 13.8 Å². The van der Waals surface area contributed by atoms with Gasteiger partial charge in [0.1, 0.15) is 5.41 Å². The van der Waals surface area contributed by atoms with Crippen LogP contribution in [0.4, 0.5) is 11.4 Å². The first-order valence-corrected chi connectivity index (χ1v) is 4.84. The van der Waals surface area contributed by atoms with E-state index < -0.39 is 16.2 Å². The molecule has 0 unspecified atom stereocenters. The van der Waals surface area contributed by atoms with Crippen molar-refractivity contribution in [3.63, 3.8) is 0 Å². The zero-order valence-electron chi connectivity index (χ0n) is 9.43. The molecule has 0 spiro atoms. The number of anilines is 1. The topological polar surface area (TPSA) is 96.0 Å². The molecule has 0 aromatic heterocycles. The highest BCUT2D eigenvalue weighted by Crippen LogP contribution is 2.19. The van der Waals surface area contributed by atoms with Crippen LogP contribution < -0.4 is 5.32 Å². The third-order valence-corrected chi connectivity index (χ3v) is 2.18. The molecule has 0 saturated heterocycles. The van der Waals surface area contributed by atoms with E-state index >= 15 is 0 Å². The van der Waals surface area contributed by atoms with Gasteiger partial charge in [-0.15, -0.1) is 0 Å². The second-order valence-electron chi connectivity index (χ2n) is 3.99. The lowest BCUT2D eigenvalue weighted by atomic mass is 9.94. The Labute approximate surface area is 98.0 Å². The Hall–Kier alpha value is -2.42. The first kappa shape index (κ1) is 12.6. The number of hydrogen-bond acceptors (Lipinski definition) is 4. The van der Waals surface area contributed by atoms with Gasteiger partial charge in [0.05, 0.1) is 11.0 Å². The average molecular weight is 233 g/mol. The van der Waals surface area contributed by atoms with E-state index in [2.05, 4.69) is 5.32 Å². The van der Waals surface area contributed by atoms with E-state index in [-0.39, 0.29) is 5.69 Å². The minimum Gasteiger partial charge on any atom is -0.325 e. The Bertz CT molecular complexity index is 486. The maximum atomic E-state index is 11.6. The Balaban J connectivity index is 2.81. The van der Waals surface area contributed by atoms with Crippen LogP contribution in [0, 0.1) is 26.9 Å². The van der Waals surface area contributed by atoms with E-state index in [4.69, 9.17) is 5.26 Å². The Morgan fingerprint density at radius 3 is 2.35 bits per heavy atom. The van der Waals surface area contributed by atoms with Crippen LogP contribution >= 0.6 is 0 Å². The van der Waals surface area contributed by atoms with Crippen LogP contribution in [0.5, 0.6) is 0 Å². The Morgan fingerprint density at radius 2 is 1.94 bits per heavy atom. The molecule has 0 aliphatic heterocycles. The number of carbonyl (C=O) groups excluding carboxylic acids is 1. The SMILES string of the molecule is CC(C)(C#N)C(=O)Nc1ccc([N+](=O)[O-])cc1. The van der Waals surface area contributed by atoms with Crippen LogP contribution in [0.3, 0.4) is 0 Å². The van der Waals surface area contributed by atoms with E-state index in [0.717, 1.165) is 0 Å². The number of non-ortho nitro benzene ring substituents is 1. The number of amides is 1. The highest BCUT2D eigenvalue weighted by atomic mass is 16.6. The van der Waals surface area contributed by atoms with E-state index in [1.54, 1.807) is 0 Å². The summed E-state index contributed by atoms with van der Waals surface area (Å²) in [6.45, 7) is 2.99. The van der Waals surface area contributed by atoms with Gasteiger partial charge in [-0.25, -0.2) is 0 Å². The van der Waals surface area contributed by atoms with Crippen LogP contribution in [0.2, 0.25) is 0 Å². The van der Waals surface area contributed by atoms with Gasteiger partial charge < -0.3 is 5.32 Å². The molecule has 6 nitrogen and oxygen atoms in total. The summed E-state index contributed by atoms with van der Waals surface area (Å²) in [5, 5.41) is 21.7. The Kier molecular flexibility index (Phi) is 3.43. The van der Waals surface area contributed by atoms with Gasteiger partial charge in [-0.3, -0.25) is 14.9 Å². The molecule has 88 valence electrons. The lowest BCUT2D eigenvalue weighted by Gasteiger charge is -2.14. The number of carbonyl (C=O) groups is 1. The smallest absolute Gasteiger partial charge is 0.269 e. The average Bonchev–Trinajstić information content (AvgIpc) is 2.29. The Morgan fingerprint density at radius 1 is 1.41 bits per heavy atom. The standard InChI is InChI=1S/C11H11N3O3/c1-11(2,7-12)10(15)13-8-3-5-9(6-4-8)14(16)17/h3-6H,1-2H3,(H,13,15). The van der Waals surface area contributed by atoms with Gasteiger partial charge in [0.15, 0.2) is 0 Å². The van der Waals surface area contributed by atoms with Gasteiger partial charge in [0, 0.05) is 17.8 Å². The summed E-state index contributed by atoms with van der Waals surface area (Å²) in [5.41, 5.74) is -0.770. The number of benzene rings is 1. The molecule has 0 bridgehead atoms. The summed E-state index contributed by atoms with van der Waals surface area (Å²) in [4.78, 5) is 21.5. The second-order valence-corrected chi connectivity index (χ2v) is 3.99. The molecular formula is C11H11N3O3. The minimum absolute atomic E-state index is 0.0532. The maximum absolute atomic E-state index is 11.6. The number of nitrogens with zero attached hydrogens (tertiary/aromatic N) is 2. The molecule has 0 radical (unpaired) electrons. The molecule has 0 atom stereocenters. The summed E-state index contributed by atoms with van der Waals surface area (Å²) < 4.78 is 0. The van der Waals surface area contributed by atoms with Crippen LogP contribution in [-0.4, -0.2) is 10.8 Å². The summed E-state index contributed by atoms with van der Waals surface area (Å²) in [6, 6.07) is 7.28. The third kappa shape index (κ3) is 3.01. The van der Waals surface area contributed by atoms with Gasteiger partial charge in [0.2, 0.25) is 5.91 Å². The molecule has 0 aliphatic rings. The predicted molar refractivity (Wildman–Crippen MR) is 61.1 cm³/mol. The molecule has 1 N–H and O–H groups in total. The first-order valence-electron chi connectivity index (χ1n) is 4.84. The quantitative estimate of drug-likeness (QED) is 0.638. The molecule has 1 rings (SSSR count). The molecular weight excluding hydrogens is 222 g/mol. The number of nitriles is 1. The molecule has 0 heterocycles. The lowest BCUT2D eigenvalue weighted by molar-refractivity contribution is -0.384. The van der Waals surface area contributed by atoms with Gasteiger partial charge in [-0.1, -0.05) is 0 Å². The van der Waals surface area contributed by atoms with E-state index in [1.165, 1.54) is 38.1 Å². The van der Waals surface area contributed by atoms with Crippen molar-refractivity contribution >= 4 is 17.3 Å². The van der Waals surface area contributed by atoms with Crippen LogP contribution in [0.25, 0.3) is 0 Å². The largest absolute Gasteiger partial charge is 0.325 e. The molecule has 0 fully saturated rings. The van der Waals surface area contributed by atoms with Crippen molar-refractivity contribution in [3.8, 4) is 6.07 Å². The number of hydrogen-bond donors (Lipinski definition) is 1. The highest BCUT2D eigenvalue weighted by Gasteiger charge is 2.27. The minimum atomic E-state index is -1.14. The van der Waals surface area contributed by atoms with Crippen molar-refractivity contribution in [1.82, 2.24) is 0 Å². The number of nitro groups is 1. The van der Waals surface area contributed by atoms with Crippen molar-refractivity contribution in [2.75, 3.05) is 5.32 Å². The molecule has 17 heavy (non-hydrogen) atoms. The number of rotatable bonds is 3. The van der Waals surface area contributed by atoms with Crippen molar-refractivity contribution in [1.29, 1.82) is 5.26 Å². The van der Waals surface area contributed by atoms with E-state index in [9.17, 15) is 14.9 Å². The third-order valence-electron chi connectivity index (χ3n) is 2.18. The number of nitro benzene ring substituents is 1. The maximum Gasteiger partial charge on any atom is 0.269 e.